The molecule has 5 unspecified atom stereocenters. The summed E-state index contributed by atoms with van der Waals surface area (Å²) >= 11 is 0. The number of nitrogens with zero attached hydrogens (tertiary/aromatic N) is 1. The van der Waals surface area contributed by atoms with Gasteiger partial charge in [0.05, 0.1) is 5.92 Å². The van der Waals surface area contributed by atoms with Gasteiger partial charge in [-0.25, -0.2) is 4.79 Å². The number of hydrogen-bond donors (Lipinski definition) is 1. The predicted molar refractivity (Wildman–Crippen MR) is 93.0 cm³/mol. The first kappa shape index (κ1) is 19.1. The summed E-state index contributed by atoms with van der Waals surface area (Å²) in [7, 11) is 0. The zero-order chi connectivity index (χ0) is 19.3. The number of ether oxygens (including phenoxy) is 2. The van der Waals surface area contributed by atoms with E-state index in [4.69, 9.17) is 9.47 Å². The number of aliphatic hydroxyl groups is 1. The molecular formula is C19H27NO6. The highest BCUT2D eigenvalue weighted by Crippen LogP contribution is 2.52. The molecule has 3 rings (SSSR count). The van der Waals surface area contributed by atoms with E-state index < -0.39 is 39.9 Å². The highest BCUT2D eigenvalue weighted by Gasteiger charge is 2.59. The van der Waals surface area contributed by atoms with Gasteiger partial charge in [-0.15, -0.1) is 0 Å². The average molecular weight is 365 g/mol. The van der Waals surface area contributed by atoms with Crippen molar-refractivity contribution < 1.29 is 28.8 Å². The Balaban J connectivity index is 1.99. The Kier molecular flexibility index (Phi) is 4.53. The van der Waals surface area contributed by atoms with Gasteiger partial charge < -0.3 is 19.8 Å². The van der Waals surface area contributed by atoms with Gasteiger partial charge in [-0.1, -0.05) is 13.5 Å². The van der Waals surface area contributed by atoms with Gasteiger partial charge in [-0.2, -0.15) is 0 Å². The molecule has 0 spiro atoms. The first-order valence-electron chi connectivity index (χ1n) is 9.14. The minimum absolute atomic E-state index is 0.100. The summed E-state index contributed by atoms with van der Waals surface area (Å²) in [6.45, 7) is 8.54. The van der Waals surface area contributed by atoms with Crippen LogP contribution in [0.3, 0.4) is 0 Å². The number of hydroxylamine groups is 3. The SMILES string of the molecule is C=C1CC(CC)C(=O)OC2CCC3(C)CC=C(COC(=O)C1(C)O)[N+]23[O-]. The Morgan fingerprint density at radius 3 is 2.77 bits per heavy atom. The third kappa shape index (κ3) is 2.61. The highest BCUT2D eigenvalue weighted by molar-refractivity contribution is 5.83. The number of cyclic esters (lactones) is 1. The maximum atomic E-state index is 13.8. The Morgan fingerprint density at radius 1 is 1.42 bits per heavy atom. The molecule has 2 saturated heterocycles. The van der Waals surface area contributed by atoms with E-state index in [9.17, 15) is 19.9 Å². The summed E-state index contributed by atoms with van der Waals surface area (Å²) in [5.74, 6) is -1.91. The lowest BCUT2D eigenvalue weighted by Gasteiger charge is -2.50. The second-order valence-electron chi connectivity index (χ2n) is 8.05. The summed E-state index contributed by atoms with van der Waals surface area (Å²) in [5, 5.41) is 24.3. The fraction of sp³-hybridized carbons (Fsp3) is 0.684. The minimum atomic E-state index is -1.92. The third-order valence-electron chi connectivity index (χ3n) is 6.35. The van der Waals surface area contributed by atoms with Crippen molar-refractivity contribution in [3.8, 4) is 0 Å². The van der Waals surface area contributed by atoms with Crippen LogP contribution in [0.15, 0.2) is 23.9 Å². The van der Waals surface area contributed by atoms with Crippen molar-refractivity contribution in [2.45, 2.75) is 70.2 Å². The van der Waals surface area contributed by atoms with Gasteiger partial charge in [0, 0.05) is 19.3 Å². The van der Waals surface area contributed by atoms with Crippen molar-refractivity contribution in [2.75, 3.05) is 6.61 Å². The van der Waals surface area contributed by atoms with E-state index in [2.05, 4.69) is 6.58 Å². The molecule has 2 fully saturated rings. The van der Waals surface area contributed by atoms with Crippen molar-refractivity contribution in [2.24, 2.45) is 5.92 Å². The maximum absolute atomic E-state index is 13.8. The van der Waals surface area contributed by atoms with Gasteiger partial charge >= 0.3 is 11.9 Å². The van der Waals surface area contributed by atoms with Crippen LogP contribution >= 0.6 is 0 Å². The number of carbonyl (C=O) groups is 2. The summed E-state index contributed by atoms with van der Waals surface area (Å²) in [4.78, 5) is 25.1. The third-order valence-corrected chi connectivity index (χ3v) is 6.35. The molecule has 0 radical (unpaired) electrons. The predicted octanol–water partition coefficient (Wildman–Crippen LogP) is 2.29. The van der Waals surface area contributed by atoms with E-state index >= 15 is 0 Å². The van der Waals surface area contributed by atoms with Crippen LogP contribution in [0.1, 0.15) is 52.9 Å². The number of hydrogen-bond acceptors (Lipinski definition) is 6. The van der Waals surface area contributed by atoms with Gasteiger partial charge in [0.2, 0.25) is 6.23 Å². The fourth-order valence-electron chi connectivity index (χ4n) is 4.21. The molecule has 3 heterocycles. The zero-order valence-electron chi connectivity index (χ0n) is 15.6. The van der Waals surface area contributed by atoms with E-state index in [-0.39, 0.29) is 18.6 Å². The van der Waals surface area contributed by atoms with Crippen LogP contribution in [0.2, 0.25) is 0 Å². The molecule has 3 aliphatic rings. The zero-order valence-corrected chi connectivity index (χ0v) is 15.6. The molecule has 0 aromatic heterocycles. The Morgan fingerprint density at radius 2 is 2.12 bits per heavy atom. The normalized spacial score (nSPS) is 43.7. The van der Waals surface area contributed by atoms with E-state index in [1.54, 1.807) is 6.08 Å². The Labute approximate surface area is 153 Å². The highest BCUT2D eigenvalue weighted by atomic mass is 16.7. The first-order valence-corrected chi connectivity index (χ1v) is 9.14. The van der Waals surface area contributed by atoms with E-state index in [0.29, 0.717) is 31.4 Å². The molecule has 0 aromatic rings. The molecule has 5 atom stereocenters. The molecule has 0 aromatic carbocycles. The standard InChI is InChI=1S/C19H27NO6/c1-5-13-10-12(2)19(4,23)17(22)25-11-14-6-8-18(3)9-7-15(20(14,18)24)26-16(13)21/h6,13,15,23H,2,5,7-11H2,1,3-4H3. The van der Waals surface area contributed by atoms with E-state index in [1.807, 2.05) is 13.8 Å². The number of esters is 2. The Bertz CT molecular complexity index is 684. The molecule has 0 saturated carbocycles. The number of quaternary nitrogens is 1. The second-order valence-corrected chi connectivity index (χ2v) is 8.05. The first-order chi connectivity index (χ1) is 12.1. The number of rotatable bonds is 1. The van der Waals surface area contributed by atoms with Gasteiger partial charge in [0.1, 0.15) is 11.2 Å². The molecule has 26 heavy (non-hydrogen) atoms. The van der Waals surface area contributed by atoms with Crippen molar-refractivity contribution in [3.05, 3.63) is 29.1 Å². The molecule has 1 N–H and O–H groups in total. The van der Waals surface area contributed by atoms with Gasteiger partial charge in [0.15, 0.2) is 12.2 Å². The molecule has 7 heteroatoms. The maximum Gasteiger partial charge on any atom is 0.342 e. The van der Waals surface area contributed by atoms with Crippen LogP contribution in [-0.2, 0) is 19.1 Å². The summed E-state index contributed by atoms with van der Waals surface area (Å²) in [5.41, 5.74) is -1.98. The lowest BCUT2D eigenvalue weighted by atomic mass is 9.87. The minimum Gasteiger partial charge on any atom is -0.624 e. The van der Waals surface area contributed by atoms with E-state index in [0.717, 1.165) is 0 Å². The van der Waals surface area contributed by atoms with Crippen molar-refractivity contribution in [1.29, 1.82) is 0 Å². The van der Waals surface area contributed by atoms with Crippen molar-refractivity contribution in [3.63, 3.8) is 0 Å². The Hall–Kier alpha value is -1.70. The van der Waals surface area contributed by atoms with Crippen LogP contribution < -0.4 is 0 Å². The summed E-state index contributed by atoms with van der Waals surface area (Å²) < 4.78 is 10.1. The van der Waals surface area contributed by atoms with Gasteiger partial charge in [0.25, 0.3) is 0 Å². The average Bonchev–Trinajstić information content (AvgIpc) is 2.98. The smallest absolute Gasteiger partial charge is 0.342 e. The van der Waals surface area contributed by atoms with E-state index in [1.165, 1.54) is 6.92 Å². The van der Waals surface area contributed by atoms with Crippen LogP contribution in [-0.4, -0.2) is 45.7 Å². The number of carbonyl (C=O) groups excluding carboxylic acids is 2. The molecule has 0 amide bonds. The van der Waals surface area contributed by atoms with Crippen molar-refractivity contribution in [1.82, 2.24) is 0 Å². The van der Waals surface area contributed by atoms with Crippen LogP contribution in [0.4, 0.5) is 0 Å². The molecule has 7 nitrogen and oxygen atoms in total. The summed E-state index contributed by atoms with van der Waals surface area (Å²) in [6.07, 6.45) is 3.14. The molecular weight excluding hydrogens is 338 g/mol. The van der Waals surface area contributed by atoms with Crippen molar-refractivity contribution >= 4 is 11.9 Å². The second kappa shape index (κ2) is 6.18. The van der Waals surface area contributed by atoms with Crippen LogP contribution in [0, 0.1) is 11.1 Å². The largest absolute Gasteiger partial charge is 0.624 e. The quantitative estimate of drug-likeness (QED) is 0.331. The monoisotopic (exact) mass is 365 g/mol. The molecule has 0 bridgehead atoms. The molecule has 3 aliphatic heterocycles. The lowest BCUT2D eigenvalue weighted by molar-refractivity contribution is -0.917. The fourth-order valence-corrected chi connectivity index (χ4v) is 4.21. The van der Waals surface area contributed by atoms with Crippen LogP contribution in [0.25, 0.3) is 0 Å². The lowest BCUT2D eigenvalue weighted by Crippen LogP contribution is -2.57. The van der Waals surface area contributed by atoms with Crippen LogP contribution in [0.5, 0.6) is 0 Å². The van der Waals surface area contributed by atoms with Gasteiger partial charge in [-0.3, -0.25) is 9.44 Å². The molecule has 144 valence electrons. The van der Waals surface area contributed by atoms with Gasteiger partial charge in [-0.05, 0) is 38.3 Å². The topological polar surface area (TPSA) is 95.9 Å². The summed E-state index contributed by atoms with van der Waals surface area (Å²) in [6, 6.07) is 0. The molecule has 0 aliphatic carbocycles.